The van der Waals surface area contributed by atoms with E-state index in [0.29, 0.717) is 16.3 Å². The van der Waals surface area contributed by atoms with Crippen LogP contribution in [0.3, 0.4) is 0 Å². The van der Waals surface area contributed by atoms with Gasteiger partial charge < -0.3 is 5.32 Å². The van der Waals surface area contributed by atoms with Crippen molar-refractivity contribution in [3.8, 4) is 0 Å². The van der Waals surface area contributed by atoms with Gasteiger partial charge >= 0.3 is 0 Å². The number of benzene rings is 3. The maximum Gasteiger partial charge on any atom is 0.269 e. The van der Waals surface area contributed by atoms with Crippen LogP contribution in [0.4, 0.5) is 5.69 Å². The molecule has 2 aliphatic rings. The summed E-state index contributed by atoms with van der Waals surface area (Å²) in [6.45, 7) is 0. The summed E-state index contributed by atoms with van der Waals surface area (Å²) in [4.78, 5) is 23.6. The molecule has 1 fully saturated rings. The molecule has 0 bridgehead atoms. The minimum absolute atomic E-state index is 0.00354. The van der Waals surface area contributed by atoms with Crippen LogP contribution in [0.15, 0.2) is 84.9 Å². The molecule has 3 atom stereocenters. The number of carbonyl (C=O) groups is 1. The van der Waals surface area contributed by atoms with Crippen LogP contribution in [0.2, 0.25) is 5.02 Å². The van der Waals surface area contributed by atoms with Crippen LogP contribution in [0.25, 0.3) is 5.70 Å². The summed E-state index contributed by atoms with van der Waals surface area (Å²) < 4.78 is 0. The van der Waals surface area contributed by atoms with Crippen molar-refractivity contribution < 1.29 is 9.72 Å². The molecule has 160 valence electrons. The van der Waals surface area contributed by atoms with Crippen molar-refractivity contribution in [2.75, 3.05) is 0 Å². The van der Waals surface area contributed by atoms with Crippen molar-refractivity contribution in [3.63, 3.8) is 0 Å². The van der Waals surface area contributed by atoms with E-state index in [9.17, 15) is 14.9 Å². The van der Waals surface area contributed by atoms with E-state index in [4.69, 9.17) is 11.6 Å². The van der Waals surface area contributed by atoms with E-state index < -0.39 is 4.92 Å². The van der Waals surface area contributed by atoms with Gasteiger partial charge in [0.2, 0.25) is 0 Å². The highest BCUT2D eigenvalue weighted by atomic mass is 35.5. The van der Waals surface area contributed by atoms with E-state index in [1.54, 1.807) is 17.1 Å². The lowest BCUT2D eigenvalue weighted by Gasteiger charge is -2.33. The van der Waals surface area contributed by atoms with Crippen molar-refractivity contribution >= 4 is 28.9 Å². The first-order valence-corrected chi connectivity index (χ1v) is 10.5. The molecule has 0 spiro atoms. The van der Waals surface area contributed by atoms with Crippen LogP contribution in [0.1, 0.15) is 28.7 Å². The molecule has 2 aliphatic heterocycles. The molecule has 0 aromatic heterocycles. The number of halogens is 1. The first kappa shape index (κ1) is 20.2. The quantitative estimate of drug-likeness (QED) is 0.458. The van der Waals surface area contributed by atoms with Crippen LogP contribution in [-0.4, -0.2) is 22.0 Å². The molecule has 2 N–H and O–H groups in total. The maximum absolute atomic E-state index is 13.1. The summed E-state index contributed by atoms with van der Waals surface area (Å²) in [7, 11) is 0. The third-order valence-corrected chi connectivity index (χ3v) is 6.12. The summed E-state index contributed by atoms with van der Waals surface area (Å²) >= 11 is 6.12. The van der Waals surface area contributed by atoms with Crippen LogP contribution >= 0.6 is 11.6 Å². The van der Waals surface area contributed by atoms with Gasteiger partial charge in [0, 0.05) is 34.8 Å². The molecule has 2 heterocycles. The first-order chi connectivity index (χ1) is 15.5. The van der Waals surface area contributed by atoms with Crippen LogP contribution < -0.4 is 10.7 Å². The Balaban J connectivity index is 1.53. The summed E-state index contributed by atoms with van der Waals surface area (Å²) in [5, 5.41) is 16.7. The normalized spacial score (nSPS) is 22.2. The van der Waals surface area contributed by atoms with Gasteiger partial charge in [-0.1, -0.05) is 54.1 Å². The third-order valence-electron chi connectivity index (χ3n) is 5.87. The number of non-ortho nitro benzene ring substituents is 1. The van der Waals surface area contributed by atoms with E-state index in [-0.39, 0.29) is 29.7 Å². The second-order valence-corrected chi connectivity index (χ2v) is 8.19. The van der Waals surface area contributed by atoms with E-state index in [2.05, 4.69) is 10.7 Å². The maximum atomic E-state index is 13.1. The van der Waals surface area contributed by atoms with Gasteiger partial charge in [-0.25, -0.2) is 5.43 Å². The Morgan fingerprint density at radius 1 is 0.906 bits per heavy atom. The smallest absolute Gasteiger partial charge is 0.269 e. The molecular formula is C24H19ClN4O3. The average Bonchev–Trinajstić information content (AvgIpc) is 3.20. The zero-order chi connectivity index (χ0) is 22.2. The summed E-state index contributed by atoms with van der Waals surface area (Å²) in [6, 6.07) is 23.7. The molecule has 8 heteroatoms. The van der Waals surface area contributed by atoms with E-state index >= 15 is 0 Å². The number of nitrogens with one attached hydrogen (secondary N) is 2. The number of hydrogen-bond donors (Lipinski definition) is 2. The zero-order valence-electron chi connectivity index (χ0n) is 16.8. The summed E-state index contributed by atoms with van der Waals surface area (Å²) in [5.41, 5.74) is 6.81. The number of rotatable bonds is 4. The number of nitro benzene ring substituents is 1. The van der Waals surface area contributed by atoms with Crippen molar-refractivity contribution in [1.82, 2.24) is 15.8 Å². The topological polar surface area (TPSA) is 87.5 Å². The molecule has 32 heavy (non-hydrogen) atoms. The molecule has 3 unspecified atom stereocenters. The standard InChI is InChI=1S/C24H19ClN4O3/c25-18-10-6-16(7-11-18)22-23(17-4-2-1-3-5-17)27-28-21(30)14-20(26-24(22)28)15-8-12-19(13-9-15)29(31)32/h1-14,22-24,26-27H. The van der Waals surface area contributed by atoms with Gasteiger partial charge in [0.05, 0.1) is 11.0 Å². The minimum Gasteiger partial charge on any atom is -0.363 e. The van der Waals surface area contributed by atoms with Crippen molar-refractivity contribution in [2.45, 2.75) is 18.1 Å². The third kappa shape index (κ3) is 3.62. The predicted octanol–water partition coefficient (Wildman–Crippen LogP) is 4.39. The molecule has 1 saturated heterocycles. The van der Waals surface area contributed by atoms with Gasteiger partial charge in [0.1, 0.15) is 6.17 Å². The molecule has 7 nitrogen and oxygen atoms in total. The molecule has 0 saturated carbocycles. The fourth-order valence-corrected chi connectivity index (χ4v) is 4.46. The second-order valence-electron chi connectivity index (χ2n) is 7.75. The number of nitrogens with zero attached hydrogens (tertiary/aromatic N) is 2. The molecule has 3 aromatic rings. The van der Waals surface area contributed by atoms with E-state index in [1.165, 1.54) is 18.2 Å². The predicted molar refractivity (Wildman–Crippen MR) is 121 cm³/mol. The van der Waals surface area contributed by atoms with Crippen molar-refractivity contribution in [3.05, 3.63) is 117 Å². The van der Waals surface area contributed by atoms with Crippen molar-refractivity contribution in [1.29, 1.82) is 0 Å². The second kappa shape index (κ2) is 8.11. The Bertz CT molecular complexity index is 1200. The average molecular weight is 447 g/mol. The molecule has 0 radical (unpaired) electrons. The number of carbonyl (C=O) groups excluding carboxylic acids is 1. The number of hydrogen-bond acceptors (Lipinski definition) is 5. The Labute approximate surface area is 189 Å². The van der Waals surface area contributed by atoms with Gasteiger partial charge in [-0.05, 0) is 41.0 Å². The number of hydrazine groups is 1. The van der Waals surface area contributed by atoms with Crippen LogP contribution in [-0.2, 0) is 4.79 Å². The first-order valence-electron chi connectivity index (χ1n) is 10.1. The van der Waals surface area contributed by atoms with Gasteiger partial charge in [-0.15, -0.1) is 0 Å². The Hall–Kier alpha value is -3.68. The van der Waals surface area contributed by atoms with Crippen LogP contribution in [0.5, 0.6) is 0 Å². The summed E-state index contributed by atoms with van der Waals surface area (Å²) in [6.07, 6.45) is 1.15. The highest BCUT2D eigenvalue weighted by molar-refractivity contribution is 6.30. The number of fused-ring (bicyclic) bond motifs is 1. The highest BCUT2D eigenvalue weighted by Gasteiger charge is 2.47. The fourth-order valence-electron chi connectivity index (χ4n) is 4.33. The lowest BCUT2D eigenvalue weighted by Crippen LogP contribution is -2.52. The molecule has 3 aromatic carbocycles. The van der Waals surface area contributed by atoms with Gasteiger partial charge in [0.15, 0.2) is 0 Å². The molecule has 5 rings (SSSR count). The van der Waals surface area contributed by atoms with Gasteiger partial charge in [-0.2, -0.15) is 0 Å². The molecular weight excluding hydrogens is 428 g/mol. The fraction of sp³-hybridized carbons (Fsp3) is 0.125. The number of nitro groups is 1. The minimum atomic E-state index is -0.443. The van der Waals surface area contributed by atoms with Gasteiger partial charge in [0.25, 0.3) is 11.6 Å². The molecule has 1 amide bonds. The van der Waals surface area contributed by atoms with E-state index in [1.807, 2.05) is 54.6 Å². The lowest BCUT2D eigenvalue weighted by atomic mass is 9.86. The highest BCUT2D eigenvalue weighted by Crippen LogP contribution is 2.42. The SMILES string of the molecule is O=C1C=C(c2ccc([N+](=O)[O-])cc2)NC2C(c3ccc(Cl)cc3)C(c3ccccc3)NN12. The molecule has 0 aliphatic carbocycles. The van der Waals surface area contributed by atoms with Gasteiger partial charge in [-0.3, -0.25) is 19.9 Å². The monoisotopic (exact) mass is 446 g/mol. The Kier molecular flexibility index (Phi) is 5.13. The van der Waals surface area contributed by atoms with E-state index in [0.717, 1.165) is 11.1 Å². The number of amides is 1. The lowest BCUT2D eigenvalue weighted by molar-refractivity contribution is -0.384. The Morgan fingerprint density at radius 3 is 2.25 bits per heavy atom. The van der Waals surface area contributed by atoms with Crippen LogP contribution in [0, 0.1) is 10.1 Å². The summed E-state index contributed by atoms with van der Waals surface area (Å²) in [5.74, 6) is -0.278. The zero-order valence-corrected chi connectivity index (χ0v) is 17.6. The largest absolute Gasteiger partial charge is 0.363 e. The Morgan fingerprint density at radius 2 is 1.59 bits per heavy atom. The van der Waals surface area contributed by atoms with Crippen molar-refractivity contribution in [2.24, 2.45) is 0 Å².